The lowest BCUT2D eigenvalue weighted by Gasteiger charge is -2.10. The molecule has 0 aliphatic heterocycles. The molecule has 84 valence electrons. The van der Waals surface area contributed by atoms with Crippen LogP contribution < -0.4 is 0 Å². The van der Waals surface area contributed by atoms with Crippen LogP contribution in [0, 0.1) is 0 Å². The van der Waals surface area contributed by atoms with Gasteiger partial charge in [-0.25, -0.2) is 0 Å². The number of nitrogens with zero attached hydrogens (tertiary/aromatic N) is 1. The molecule has 1 N–H and O–H groups in total. The third-order valence-corrected chi connectivity index (χ3v) is 3.70. The lowest BCUT2D eigenvalue weighted by atomic mass is 10.0. The Morgan fingerprint density at radius 1 is 1.31 bits per heavy atom. The fraction of sp³-hybridized carbons (Fsp3) is 0.308. The Labute approximate surface area is 99.6 Å². The summed E-state index contributed by atoms with van der Waals surface area (Å²) in [6.45, 7) is 2.12. The van der Waals surface area contributed by atoms with Crippen molar-refractivity contribution in [2.75, 3.05) is 0 Å². The number of pyridine rings is 1. The van der Waals surface area contributed by atoms with Crippen LogP contribution in [0.15, 0.2) is 36.0 Å². The number of hydrogen-bond acceptors (Lipinski definition) is 3. The van der Waals surface area contributed by atoms with Crippen LogP contribution in [0.5, 0.6) is 0 Å². The zero-order valence-electron chi connectivity index (χ0n) is 9.26. The monoisotopic (exact) mass is 233 g/mol. The molecular formula is C13H15NOS. The third-order valence-electron chi connectivity index (χ3n) is 2.64. The van der Waals surface area contributed by atoms with Crippen molar-refractivity contribution in [1.29, 1.82) is 0 Å². The van der Waals surface area contributed by atoms with Gasteiger partial charge in [0.05, 0.1) is 6.10 Å². The van der Waals surface area contributed by atoms with Crippen LogP contribution in [0.4, 0.5) is 0 Å². The van der Waals surface area contributed by atoms with Gasteiger partial charge in [0.25, 0.3) is 0 Å². The molecule has 0 saturated carbocycles. The molecule has 2 rings (SSSR count). The van der Waals surface area contributed by atoms with Crippen molar-refractivity contribution < 1.29 is 5.11 Å². The third kappa shape index (κ3) is 2.49. The first-order chi connectivity index (χ1) is 7.81. The summed E-state index contributed by atoms with van der Waals surface area (Å²) in [5, 5.41) is 12.2. The van der Waals surface area contributed by atoms with Crippen LogP contribution in [-0.2, 0) is 12.8 Å². The molecule has 0 spiro atoms. The molecule has 0 radical (unpaired) electrons. The van der Waals surface area contributed by atoms with Crippen LogP contribution in [0.2, 0.25) is 0 Å². The molecule has 0 aliphatic carbocycles. The topological polar surface area (TPSA) is 33.1 Å². The average Bonchev–Trinajstić information content (AvgIpc) is 2.78. The van der Waals surface area contributed by atoms with Gasteiger partial charge in [0, 0.05) is 23.7 Å². The van der Waals surface area contributed by atoms with Gasteiger partial charge in [-0.2, -0.15) is 0 Å². The van der Waals surface area contributed by atoms with Gasteiger partial charge in [-0.1, -0.05) is 6.92 Å². The van der Waals surface area contributed by atoms with Crippen molar-refractivity contribution in [2.45, 2.75) is 25.9 Å². The second kappa shape index (κ2) is 5.23. The van der Waals surface area contributed by atoms with Crippen molar-refractivity contribution in [1.82, 2.24) is 4.98 Å². The Morgan fingerprint density at radius 3 is 2.75 bits per heavy atom. The Hall–Kier alpha value is -1.19. The van der Waals surface area contributed by atoms with E-state index in [1.54, 1.807) is 23.7 Å². The number of aliphatic hydroxyl groups excluding tert-OH is 1. The highest BCUT2D eigenvalue weighted by Gasteiger charge is 2.13. The van der Waals surface area contributed by atoms with Gasteiger partial charge < -0.3 is 5.11 Å². The molecule has 0 bridgehead atoms. The largest absolute Gasteiger partial charge is 0.387 e. The van der Waals surface area contributed by atoms with E-state index in [0.717, 1.165) is 16.9 Å². The molecule has 0 aliphatic rings. The summed E-state index contributed by atoms with van der Waals surface area (Å²) in [6, 6.07) is 5.99. The average molecular weight is 233 g/mol. The molecule has 1 unspecified atom stereocenters. The van der Waals surface area contributed by atoms with E-state index in [1.807, 2.05) is 17.5 Å². The van der Waals surface area contributed by atoms with E-state index in [4.69, 9.17) is 0 Å². The summed E-state index contributed by atoms with van der Waals surface area (Å²) in [5.41, 5.74) is 2.38. The van der Waals surface area contributed by atoms with Crippen molar-refractivity contribution >= 4 is 11.3 Å². The van der Waals surface area contributed by atoms with E-state index in [1.165, 1.54) is 5.56 Å². The first kappa shape index (κ1) is 11.3. The summed E-state index contributed by atoms with van der Waals surface area (Å²) < 4.78 is 0. The molecule has 16 heavy (non-hydrogen) atoms. The van der Waals surface area contributed by atoms with Crippen LogP contribution in [-0.4, -0.2) is 10.1 Å². The summed E-state index contributed by atoms with van der Waals surface area (Å²) in [6.07, 6.45) is 4.77. The maximum absolute atomic E-state index is 10.2. The Kier molecular flexibility index (Phi) is 3.70. The van der Waals surface area contributed by atoms with Crippen LogP contribution in [0.25, 0.3) is 0 Å². The first-order valence-electron chi connectivity index (χ1n) is 5.44. The Balaban J connectivity index is 2.11. The fourth-order valence-corrected chi connectivity index (χ4v) is 2.75. The molecule has 1 atom stereocenters. The van der Waals surface area contributed by atoms with E-state index in [9.17, 15) is 5.11 Å². The molecule has 2 aromatic heterocycles. The number of rotatable bonds is 4. The highest BCUT2D eigenvalue weighted by molar-refractivity contribution is 7.10. The second-order valence-electron chi connectivity index (χ2n) is 3.74. The molecule has 2 nitrogen and oxygen atoms in total. The number of thiophene rings is 1. The lowest BCUT2D eigenvalue weighted by Crippen LogP contribution is -2.02. The van der Waals surface area contributed by atoms with Crippen molar-refractivity contribution in [2.24, 2.45) is 0 Å². The SMILES string of the molecule is CCc1ccsc1C(O)Cc1ccncc1. The van der Waals surface area contributed by atoms with Gasteiger partial charge in [0.15, 0.2) is 0 Å². The number of hydrogen-bond donors (Lipinski definition) is 1. The Bertz CT molecular complexity index is 438. The van der Waals surface area contributed by atoms with Crippen LogP contribution in [0.3, 0.4) is 0 Å². The molecule has 0 saturated heterocycles. The lowest BCUT2D eigenvalue weighted by molar-refractivity contribution is 0.181. The van der Waals surface area contributed by atoms with E-state index < -0.39 is 6.10 Å². The van der Waals surface area contributed by atoms with E-state index >= 15 is 0 Å². The smallest absolute Gasteiger partial charge is 0.0924 e. The van der Waals surface area contributed by atoms with Crippen molar-refractivity contribution in [3.8, 4) is 0 Å². The second-order valence-corrected chi connectivity index (χ2v) is 4.69. The standard InChI is InChI=1S/C13H15NOS/c1-2-11-5-8-16-13(11)12(15)9-10-3-6-14-7-4-10/h3-8,12,15H,2,9H2,1H3. The maximum atomic E-state index is 10.2. The molecule has 2 aromatic rings. The molecule has 0 fully saturated rings. The zero-order valence-corrected chi connectivity index (χ0v) is 10.1. The van der Waals surface area contributed by atoms with Crippen molar-refractivity contribution in [3.05, 3.63) is 52.0 Å². The summed E-state index contributed by atoms with van der Waals surface area (Å²) in [5.74, 6) is 0. The molecule has 0 aromatic carbocycles. The predicted octanol–water partition coefficient (Wildman–Crippen LogP) is 2.98. The fourth-order valence-electron chi connectivity index (χ4n) is 1.77. The van der Waals surface area contributed by atoms with E-state index in [2.05, 4.69) is 18.0 Å². The van der Waals surface area contributed by atoms with Gasteiger partial charge in [-0.05, 0) is 41.1 Å². The zero-order chi connectivity index (χ0) is 11.4. The highest BCUT2D eigenvalue weighted by atomic mass is 32.1. The maximum Gasteiger partial charge on any atom is 0.0924 e. The van der Waals surface area contributed by atoms with E-state index in [0.29, 0.717) is 6.42 Å². The molecule has 2 heterocycles. The molecule has 3 heteroatoms. The van der Waals surface area contributed by atoms with Gasteiger partial charge in [-0.3, -0.25) is 4.98 Å². The minimum atomic E-state index is -0.391. The van der Waals surface area contributed by atoms with Gasteiger partial charge in [-0.15, -0.1) is 11.3 Å². The summed E-state index contributed by atoms with van der Waals surface area (Å²) in [4.78, 5) is 5.07. The number of aromatic nitrogens is 1. The van der Waals surface area contributed by atoms with Gasteiger partial charge >= 0.3 is 0 Å². The van der Waals surface area contributed by atoms with Crippen LogP contribution >= 0.6 is 11.3 Å². The highest BCUT2D eigenvalue weighted by Crippen LogP contribution is 2.27. The minimum absolute atomic E-state index is 0.391. The normalized spacial score (nSPS) is 12.6. The number of aliphatic hydroxyl groups is 1. The molecular weight excluding hydrogens is 218 g/mol. The quantitative estimate of drug-likeness (QED) is 0.880. The van der Waals surface area contributed by atoms with Gasteiger partial charge in [0.1, 0.15) is 0 Å². The van der Waals surface area contributed by atoms with Gasteiger partial charge in [0.2, 0.25) is 0 Å². The number of aryl methyl sites for hydroxylation is 1. The Morgan fingerprint density at radius 2 is 2.06 bits per heavy atom. The predicted molar refractivity (Wildman–Crippen MR) is 66.6 cm³/mol. The summed E-state index contributed by atoms with van der Waals surface area (Å²) >= 11 is 1.64. The molecule has 0 amide bonds. The first-order valence-corrected chi connectivity index (χ1v) is 6.32. The van der Waals surface area contributed by atoms with E-state index in [-0.39, 0.29) is 0 Å². The minimum Gasteiger partial charge on any atom is -0.387 e. The van der Waals surface area contributed by atoms with Crippen LogP contribution in [0.1, 0.15) is 29.0 Å². The van der Waals surface area contributed by atoms with Crippen molar-refractivity contribution in [3.63, 3.8) is 0 Å². The summed E-state index contributed by atoms with van der Waals surface area (Å²) in [7, 11) is 0.